The van der Waals surface area contributed by atoms with Crippen LogP contribution in [0.2, 0.25) is 0 Å². The molecule has 1 aliphatic rings. The number of rotatable bonds is 8. The average molecular weight is 383 g/mol. The van der Waals surface area contributed by atoms with Gasteiger partial charge >= 0.3 is 12.1 Å². The van der Waals surface area contributed by atoms with E-state index in [9.17, 15) is 9.59 Å². The van der Waals surface area contributed by atoms with Crippen molar-refractivity contribution in [2.24, 2.45) is 0 Å². The number of benzene rings is 2. The van der Waals surface area contributed by atoms with Crippen LogP contribution in [0.4, 0.5) is 4.79 Å². The quantitative estimate of drug-likeness (QED) is 0.724. The molecule has 1 atom stereocenters. The van der Waals surface area contributed by atoms with E-state index in [1.54, 1.807) is 6.92 Å². The molecule has 0 spiro atoms. The Morgan fingerprint density at radius 2 is 1.64 bits per heavy atom. The Morgan fingerprint density at radius 3 is 2.18 bits per heavy atom. The number of amides is 1. The summed E-state index contributed by atoms with van der Waals surface area (Å²) in [6, 6.07) is 16.2. The minimum absolute atomic E-state index is 0.0456. The number of fused-ring (bicyclic) bond motifs is 3. The molecule has 0 radical (unpaired) electrons. The van der Waals surface area contributed by atoms with Crippen LogP contribution in [0.25, 0.3) is 11.1 Å². The van der Waals surface area contributed by atoms with Crippen molar-refractivity contribution in [3.63, 3.8) is 0 Å². The molecule has 0 aliphatic heterocycles. The SMILES string of the molecule is CCOCC(C)(CC(=O)O)NC(=O)OCC1c2ccccc2-c2ccccc21. The Hall–Kier alpha value is -2.86. The van der Waals surface area contributed by atoms with E-state index in [0.29, 0.717) is 6.61 Å². The molecule has 0 saturated heterocycles. The monoisotopic (exact) mass is 383 g/mol. The second-order valence-corrected chi connectivity index (χ2v) is 7.22. The van der Waals surface area contributed by atoms with E-state index in [1.165, 1.54) is 0 Å². The summed E-state index contributed by atoms with van der Waals surface area (Å²) in [7, 11) is 0. The van der Waals surface area contributed by atoms with Crippen molar-refractivity contribution >= 4 is 12.1 Å². The molecule has 148 valence electrons. The Morgan fingerprint density at radius 1 is 1.07 bits per heavy atom. The second-order valence-electron chi connectivity index (χ2n) is 7.22. The summed E-state index contributed by atoms with van der Waals surface area (Å²) in [6.45, 7) is 4.16. The zero-order valence-electron chi connectivity index (χ0n) is 16.1. The smallest absolute Gasteiger partial charge is 0.407 e. The van der Waals surface area contributed by atoms with Crippen molar-refractivity contribution in [3.05, 3.63) is 59.7 Å². The summed E-state index contributed by atoms with van der Waals surface area (Å²) in [5.41, 5.74) is 3.52. The molecule has 0 bridgehead atoms. The lowest BCUT2D eigenvalue weighted by molar-refractivity contribution is -0.139. The lowest BCUT2D eigenvalue weighted by Crippen LogP contribution is -2.51. The number of carboxylic acid groups (broad SMARTS) is 1. The maximum atomic E-state index is 12.4. The maximum absolute atomic E-state index is 12.4. The lowest BCUT2D eigenvalue weighted by Gasteiger charge is -2.28. The molecule has 6 heteroatoms. The van der Waals surface area contributed by atoms with Gasteiger partial charge in [0, 0.05) is 12.5 Å². The average Bonchev–Trinajstić information content (AvgIpc) is 2.98. The van der Waals surface area contributed by atoms with E-state index in [2.05, 4.69) is 17.4 Å². The van der Waals surface area contributed by atoms with Gasteiger partial charge in [0.15, 0.2) is 0 Å². The van der Waals surface area contributed by atoms with Gasteiger partial charge < -0.3 is 19.9 Å². The Bertz CT molecular complexity index is 820. The first kappa shape index (κ1) is 19.9. The lowest BCUT2D eigenvalue weighted by atomic mass is 9.98. The van der Waals surface area contributed by atoms with Crippen LogP contribution in [-0.4, -0.2) is 42.5 Å². The first-order chi connectivity index (χ1) is 13.4. The highest BCUT2D eigenvalue weighted by Gasteiger charge is 2.32. The number of carbonyl (C=O) groups excluding carboxylic acids is 1. The van der Waals surface area contributed by atoms with Gasteiger partial charge in [0.05, 0.1) is 18.6 Å². The number of nitrogens with one attached hydrogen (secondary N) is 1. The molecule has 6 nitrogen and oxygen atoms in total. The van der Waals surface area contributed by atoms with Gasteiger partial charge in [0.25, 0.3) is 0 Å². The first-order valence-electron chi connectivity index (χ1n) is 9.36. The summed E-state index contributed by atoms with van der Waals surface area (Å²) in [5, 5.41) is 11.8. The number of carbonyl (C=O) groups is 2. The van der Waals surface area contributed by atoms with Crippen molar-refractivity contribution < 1.29 is 24.2 Å². The van der Waals surface area contributed by atoms with Crippen molar-refractivity contribution in [1.29, 1.82) is 0 Å². The van der Waals surface area contributed by atoms with E-state index in [4.69, 9.17) is 14.6 Å². The number of aliphatic carboxylic acids is 1. The van der Waals surface area contributed by atoms with E-state index < -0.39 is 17.6 Å². The van der Waals surface area contributed by atoms with Gasteiger partial charge in [0.2, 0.25) is 0 Å². The first-order valence-corrected chi connectivity index (χ1v) is 9.36. The summed E-state index contributed by atoms with van der Waals surface area (Å²) >= 11 is 0. The van der Waals surface area contributed by atoms with Crippen molar-refractivity contribution in [1.82, 2.24) is 5.32 Å². The minimum atomic E-state index is -1.04. The molecule has 28 heavy (non-hydrogen) atoms. The number of ether oxygens (including phenoxy) is 2. The third kappa shape index (κ3) is 4.34. The second kappa shape index (κ2) is 8.44. The molecule has 0 aromatic heterocycles. The van der Waals surface area contributed by atoms with Crippen LogP contribution in [-0.2, 0) is 14.3 Å². The van der Waals surface area contributed by atoms with Crippen molar-refractivity contribution in [2.75, 3.05) is 19.8 Å². The van der Waals surface area contributed by atoms with Crippen LogP contribution < -0.4 is 5.32 Å². The summed E-state index contributed by atoms with van der Waals surface area (Å²) < 4.78 is 10.8. The molecule has 3 rings (SSSR count). The van der Waals surface area contributed by atoms with Crippen molar-refractivity contribution in [2.45, 2.75) is 31.7 Å². The third-order valence-corrected chi connectivity index (χ3v) is 4.91. The van der Waals surface area contributed by atoms with Crippen LogP contribution in [0, 0.1) is 0 Å². The van der Waals surface area contributed by atoms with Gasteiger partial charge in [-0.1, -0.05) is 48.5 Å². The van der Waals surface area contributed by atoms with Gasteiger partial charge in [-0.25, -0.2) is 4.79 Å². The topological polar surface area (TPSA) is 84.9 Å². The maximum Gasteiger partial charge on any atom is 0.407 e. The van der Waals surface area contributed by atoms with Crippen LogP contribution in [0.5, 0.6) is 0 Å². The van der Waals surface area contributed by atoms with Gasteiger partial charge in [0.1, 0.15) is 6.61 Å². The largest absolute Gasteiger partial charge is 0.481 e. The number of hydrogen-bond donors (Lipinski definition) is 2. The fraction of sp³-hybridized carbons (Fsp3) is 0.364. The number of carboxylic acids is 1. The fourth-order valence-electron chi connectivity index (χ4n) is 3.67. The van der Waals surface area contributed by atoms with E-state index in [-0.39, 0.29) is 25.6 Å². The molecular formula is C22H25NO5. The van der Waals surface area contributed by atoms with Gasteiger partial charge in [-0.15, -0.1) is 0 Å². The normalized spacial score (nSPS) is 14.6. The van der Waals surface area contributed by atoms with Crippen LogP contribution in [0.15, 0.2) is 48.5 Å². The Labute approximate surface area is 164 Å². The van der Waals surface area contributed by atoms with E-state index in [1.807, 2.05) is 43.3 Å². The molecule has 1 unspecified atom stereocenters. The summed E-state index contributed by atoms with van der Waals surface area (Å²) in [6.07, 6.45) is -0.901. The summed E-state index contributed by atoms with van der Waals surface area (Å²) in [4.78, 5) is 23.6. The molecule has 2 aromatic rings. The van der Waals surface area contributed by atoms with Crippen LogP contribution in [0.1, 0.15) is 37.3 Å². The van der Waals surface area contributed by atoms with Gasteiger partial charge in [-0.2, -0.15) is 0 Å². The highest BCUT2D eigenvalue weighted by molar-refractivity contribution is 5.79. The third-order valence-electron chi connectivity index (χ3n) is 4.91. The molecule has 1 amide bonds. The molecule has 0 fully saturated rings. The predicted octanol–water partition coefficient (Wildman–Crippen LogP) is 3.80. The van der Waals surface area contributed by atoms with Crippen LogP contribution in [0.3, 0.4) is 0 Å². The van der Waals surface area contributed by atoms with Gasteiger partial charge in [-0.05, 0) is 36.1 Å². The molecule has 0 heterocycles. The fourth-order valence-corrected chi connectivity index (χ4v) is 3.67. The van der Waals surface area contributed by atoms with Crippen molar-refractivity contribution in [3.8, 4) is 11.1 Å². The van der Waals surface area contributed by atoms with Crippen LogP contribution >= 0.6 is 0 Å². The van der Waals surface area contributed by atoms with E-state index in [0.717, 1.165) is 22.3 Å². The molecule has 2 N–H and O–H groups in total. The van der Waals surface area contributed by atoms with E-state index >= 15 is 0 Å². The van der Waals surface area contributed by atoms with Gasteiger partial charge in [-0.3, -0.25) is 4.79 Å². The Balaban J connectivity index is 1.69. The highest BCUT2D eigenvalue weighted by Crippen LogP contribution is 2.44. The standard InChI is InChI=1S/C22H25NO5/c1-3-27-14-22(2,12-20(24)25)23-21(26)28-13-19-17-10-6-4-8-15(17)16-9-5-7-11-18(16)19/h4-11,19H,3,12-14H2,1-2H3,(H,23,26)(H,24,25). The molecule has 0 saturated carbocycles. The zero-order valence-corrected chi connectivity index (χ0v) is 16.1. The number of alkyl carbamates (subject to hydrolysis) is 1. The summed E-state index contributed by atoms with van der Waals surface area (Å²) in [5.74, 6) is -1.06. The molecule has 2 aromatic carbocycles. The highest BCUT2D eigenvalue weighted by atomic mass is 16.5. The minimum Gasteiger partial charge on any atom is -0.481 e. The predicted molar refractivity (Wildman–Crippen MR) is 105 cm³/mol. The molecular weight excluding hydrogens is 358 g/mol. The molecule has 1 aliphatic carbocycles. The zero-order chi connectivity index (χ0) is 20.1. The Kier molecular flexibility index (Phi) is 5.99. The number of hydrogen-bond acceptors (Lipinski definition) is 4.